The highest BCUT2D eigenvalue weighted by molar-refractivity contribution is 7.91. The Kier molecular flexibility index (Phi) is 9.96. The second-order valence-corrected chi connectivity index (χ2v) is 17.0. The van der Waals surface area contributed by atoms with Gasteiger partial charge in [-0.15, -0.1) is 0 Å². The predicted molar refractivity (Wildman–Crippen MR) is 183 cm³/mol. The maximum atomic E-state index is 14.3. The molecule has 3 aliphatic carbocycles. The summed E-state index contributed by atoms with van der Waals surface area (Å²) in [4.78, 5) is 71.2. The zero-order valence-electron chi connectivity index (χ0n) is 28.3. The standard InChI is InChI=1S/C35H44ClN5O9S/c36-27-12-6-8-21-18-40(20-26(21)27)34(46)50-24-16-29-30(42)38-35(32(44)39-51(47,48)25-14-15-25)17-22(35)9-4-2-1-3-5-13-28(31(43)41(29)19-24)37-33(45)49-23-10-7-11-23/h4,6,8-9,12,22-25,28-29H,1-3,5,7,10-11,13-20H2,(H,37,45)(H,38,42)(H,39,44)/b9-4-/t22-,24+,28-,29-,35+/m0/s1. The van der Waals surface area contributed by atoms with E-state index in [-0.39, 0.29) is 32.0 Å². The van der Waals surface area contributed by atoms with E-state index in [9.17, 15) is 32.4 Å². The molecule has 5 amide bonds. The van der Waals surface area contributed by atoms with E-state index in [2.05, 4.69) is 15.4 Å². The molecule has 3 aliphatic heterocycles. The third-order valence-electron chi connectivity index (χ3n) is 10.9. The lowest BCUT2D eigenvalue weighted by atomic mass is 9.96. The van der Waals surface area contributed by atoms with E-state index in [0.29, 0.717) is 43.7 Å². The van der Waals surface area contributed by atoms with Gasteiger partial charge in [0.25, 0.3) is 5.91 Å². The molecule has 1 aromatic carbocycles. The van der Waals surface area contributed by atoms with Crippen LogP contribution in [-0.2, 0) is 47.0 Å². The molecule has 16 heteroatoms. The third kappa shape index (κ3) is 7.69. The van der Waals surface area contributed by atoms with E-state index in [1.807, 2.05) is 24.3 Å². The van der Waals surface area contributed by atoms with Crippen molar-refractivity contribution >= 4 is 51.5 Å². The van der Waals surface area contributed by atoms with Crippen LogP contribution in [0.1, 0.15) is 88.2 Å². The molecular weight excluding hydrogens is 702 g/mol. The number of rotatable bonds is 6. The van der Waals surface area contributed by atoms with Crippen LogP contribution in [0.4, 0.5) is 9.59 Å². The van der Waals surface area contributed by atoms with Crippen LogP contribution >= 0.6 is 11.6 Å². The van der Waals surface area contributed by atoms with Gasteiger partial charge in [0, 0.05) is 23.9 Å². The van der Waals surface area contributed by atoms with Crippen LogP contribution in [0.3, 0.4) is 0 Å². The summed E-state index contributed by atoms with van der Waals surface area (Å²) in [6.45, 7) is 0.413. The van der Waals surface area contributed by atoms with Crippen LogP contribution < -0.4 is 15.4 Å². The van der Waals surface area contributed by atoms with Gasteiger partial charge in [0.15, 0.2) is 0 Å². The van der Waals surface area contributed by atoms with Crippen LogP contribution in [0.2, 0.25) is 5.02 Å². The summed E-state index contributed by atoms with van der Waals surface area (Å²) in [5, 5.41) is 5.45. The summed E-state index contributed by atoms with van der Waals surface area (Å²) in [5.41, 5.74) is 0.202. The molecule has 51 heavy (non-hydrogen) atoms. The van der Waals surface area contributed by atoms with Gasteiger partial charge in [-0.2, -0.15) is 0 Å². The maximum Gasteiger partial charge on any atom is 0.410 e. The average molecular weight is 746 g/mol. The Hall–Kier alpha value is -3.85. The average Bonchev–Trinajstić information content (AvgIpc) is 3.95. The highest BCUT2D eigenvalue weighted by Crippen LogP contribution is 2.46. The Balaban J connectivity index is 1.12. The first-order chi connectivity index (χ1) is 24.4. The van der Waals surface area contributed by atoms with Gasteiger partial charge in [-0.1, -0.05) is 48.7 Å². The minimum Gasteiger partial charge on any atom is -0.446 e. The molecule has 3 saturated carbocycles. The number of halogens is 1. The van der Waals surface area contributed by atoms with E-state index in [4.69, 9.17) is 21.1 Å². The number of nitrogens with zero attached hydrogens (tertiary/aromatic N) is 2. The zero-order valence-corrected chi connectivity index (χ0v) is 29.9. The zero-order chi connectivity index (χ0) is 35.9. The summed E-state index contributed by atoms with van der Waals surface area (Å²) < 4.78 is 39.1. The third-order valence-corrected chi connectivity index (χ3v) is 13.1. The number of benzene rings is 1. The van der Waals surface area contributed by atoms with Gasteiger partial charge < -0.3 is 25.0 Å². The van der Waals surface area contributed by atoms with E-state index < -0.39 is 74.8 Å². The maximum absolute atomic E-state index is 14.3. The van der Waals surface area contributed by atoms with E-state index in [1.165, 1.54) is 9.80 Å². The molecule has 3 heterocycles. The highest BCUT2D eigenvalue weighted by atomic mass is 35.5. The van der Waals surface area contributed by atoms with Crippen molar-refractivity contribution in [3.63, 3.8) is 0 Å². The van der Waals surface area contributed by atoms with Crippen LogP contribution in [0.15, 0.2) is 30.4 Å². The lowest BCUT2D eigenvalue weighted by Crippen LogP contribution is -2.58. The number of carbonyl (C=O) groups excluding carboxylic acids is 5. The number of ether oxygens (including phenoxy) is 2. The monoisotopic (exact) mass is 745 g/mol. The number of hydrogen-bond acceptors (Lipinski definition) is 9. The van der Waals surface area contributed by atoms with Gasteiger partial charge in [0.05, 0.1) is 18.3 Å². The number of carbonyl (C=O) groups is 5. The number of fused-ring (bicyclic) bond motifs is 3. The molecule has 1 aromatic rings. The molecule has 14 nitrogen and oxygen atoms in total. The van der Waals surface area contributed by atoms with Crippen LogP contribution in [0, 0.1) is 5.92 Å². The minimum absolute atomic E-state index is 0.0668. The van der Waals surface area contributed by atoms with Crippen molar-refractivity contribution in [2.24, 2.45) is 5.92 Å². The fourth-order valence-electron chi connectivity index (χ4n) is 7.39. The van der Waals surface area contributed by atoms with E-state index in [1.54, 1.807) is 6.07 Å². The first kappa shape index (κ1) is 35.5. The Morgan fingerprint density at radius 2 is 1.76 bits per heavy atom. The second-order valence-electron chi connectivity index (χ2n) is 14.6. The number of hydrogen-bond donors (Lipinski definition) is 3. The van der Waals surface area contributed by atoms with Crippen molar-refractivity contribution in [1.29, 1.82) is 0 Å². The van der Waals surface area contributed by atoms with Gasteiger partial charge in [-0.3, -0.25) is 24.0 Å². The highest BCUT2D eigenvalue weighted by Gasteiger charge is 2.62. The van der Waals surface area contributed by atoms with E-state index in [0.717, 1.165) is 43.2 Å². The topological polar surface area (TPSA) is 181 Å². The van der Waals surface area contributed by atoms with Crippen molar-refractivity contribution in [2.45, 2.75) is 125 Å². The first-order valence-electron chi connectivity index (χ1n) is 18.0. The normalized spacial score (nSPS) is 30.3. The lowest BCUT2D eigenvalue weighted by Gasteiger charge is -2.31. The molecular formula is C35H44ClN5O9S. The summed E-state index contributed by atoms with van der Waals surface area (Å²) in [6.07, 6.45) is 8.03. The van der Waals surface area contributed by atoms with Crippen molar-refractivity contribution in [2.75, 3.05) is 6.54 Å². The predicted octanol–water partition coefficient (Wildman–Crippen LogP) is 3.41. The summed E-state index contributed by atoms with van der Waals surface area (Å²) in [7, 11) is -3.90. The molecule has 4 fully saturated rings. The van der Waals surface area contributed by atoms with Gasteiger partial charge in [-0.05, 0) is 75.0 Å². The van der Waals surface area contributed by atoms with Gasteiger partial charge in [0.1, 0.15) is 29.8 Å². The molecule has 7 rings (SSSR count). The smallest absolute Gasteiger partial charge is 0.410 e. The summed E-state index contributed by atoms with van der Waals surface area (Å²) in [6, 6.07) is 3.27. The number of allylic oxidation sites excluding steroid dienone is 1. The number of sulfonamides is 1. The summed E-state index contributed by atoms with van der Waals surface area (Å²) in [5.74, 6) is -2.47. The summed E-state index contributed by atoms with van der Waals surface area (Å²) >= 11 is 6.35. The Bertz CT molecular complexity index is 1730. The molecule has 0 spiro atoms. The molecule has 0 bridgehead atoms. The lowest BCUT2D eigenvalue weighted by molar-refractivity contribution is -0.141. The quantitative estimate of drug-likeness (QED) is 0.368. The van der Waals surface area contributed by atoms with Crippen LogP contribution in [0.5, 0.6) is 0 Å². The van der Waals surface area contributed by atoms with Crippen molar-refractivity contribution in [3.05, 3.63) is 46.5 Å². The first-order valence-corrected chi connectivity index (χ1v) is 19.9. The number of nitrogens with one attached hydrogen (secondary N) is 3. The van der Waals surface area contributed by atoms with Crippen molar-refractivity contribution in [3.8, 4) is 0 Å². The second kappa shape index (κ2) is 14.3. The molecule has 1 saturated heterocycles. The molecule has 0 radical (unpaired) electrons. The fraction of sp³-hybridized carbons (Fsp3) is 0.629. The number of amides is 5. The molecule has 276 valence electrons. The van der Waals surface area contributed by atoms with Gasteiger partial charge >= 0.3 is 12.2 Å². The minimum atomic E-state index is -3.90. The fourth-order valence-corrected chi connectivity index (χ4v) is 9.01. The SMILES string of the molecule is O=C(N[C@H]1CCCCC/C=C\[C@H]2C[C@@]2(C(=O)NS(=O)(=O)C2CC2)NC(=O)[C@@H]2C[C@@H](OC(=O)N3Cc4cccc(Cl)c4C3)CN2C1=O)OC1CCC1. The van der Waals surface area contributed by atoms with Crippen LogP contribution in [0.25, 0.3) is 0 Å². The molecule has 0 unspecified atom stereocenters. The molecule has 5 atom stereocenters. The largest absolute Gasteiger partial charge is 0.446 e. The van der Waals surface area contributed by atoms with E-state index >= 15 is 0 Å². The van der Waals surface area contributed by atoms with Crippen LogP contribution in [-0.4, -0.2) is 89.8 Å². The Labute approximate surface area is 302 Å². The molecule has 3 N–H and O–H groups in total. The van der Waals surface area contributed by atoms with Crippen molar-refractivity contribution in [1.82, 2.24) is 25.2 Å². The molecule has 0 aromatic heterocycles. The Morgan fingerprint density at radius 3 is 2.49 bits per heavy atom. The molecule has 6 aliphatic rings. The van der Waals surface area contributed by atoms with Gasteiger partial charge in [-0.25, -0.2) is 18.0 Å². The van der Waals surface area contributed by atoms with Gasteiger partial charge in [0.2, 0.25) is 21.8 Å². The van der Waals surface area contributed by atoms with Crippen molar-refractivity contribution < 1.29 is 41.9 Å². The number of alkyl carbamates (subject to hydrolysis) is 1. The Morgan fingerprint density at radius 1 is 0.961 bits per heavy atom.